The molecule has 6 aromatic rings. The Kier molecular flexibility index (Phi) is 7.60. The van der Waals surface area contributed by atoms with Crippen molar-refractivity contribution in [1.82, 2.24) is 19.5 Å². The van der Waals surface area contributed by atoms with Gasteiger partial charge in [-0.15, -0.1) is 0 Å². The first-order valence-electron chi connectivity index (χ1n) is 15.7. The molecule has 0 aliphatic carbocycles. The molecular formula is C40H42N4O. The molecule has 0 spiro atoms. The fourth-order valence-corrected chi connectivity index (χ4v) is 5.97. The van der Waals surface area contributed by atoms with Crippen molar-refractivity contribution in [2.75, 3.05) is 0 Å². The number of phenolic OH excluding ortho intramolecular Hbond substituents is 1. The SMILES string of the molecule is CC(C)n1c(-c2cc(C(C)(C)C)cc(C(C)(C)C)c2O)nc2c(-c3cc(-c4ccccc4)cc(-c4ccccn4)c3)ccnc21. The Morgan fingerprint density at radius 2 is 1.33 bits per heavy atom. The quantitative estimate of drug-likeness (QED) is 0.216. The van der Waals surface area contributed by atoms with E-state index in [4.69, 9.17) is 9.97 Å². The number of hydrogen-bond donors (Lipinski definition) is 1. The van der Waals surface area contributed by atoms with Crippen molar-refractivity contribution in [2.24, 2.45) is 0 Å². The number of phenols is 1. The van der Waals surface area contributed by atoms with Crippen molar-refractivity contribution in [3.05, 3.63) is 108 Å². The first-order chi connectivity index (χ1) is 21.3. The molecule has 3 aromatic heterocycles. The molecule has 0 bridgehead atoms. The summed E-state index contributed by atoms with van der Waals surface area (Å²) in [6, 6.07) is 29.4. The normalized spacial score (nSPS) is 12.3. The fourth-order valence-electron chi connectivity index (χ4n) is 5.97. The number of benzene rings is 3. The van der Waals surface area contributed by atoms with Gasteiger partial charge in [-0.3, -0.25) is 4.98 Å². The highest BCUT2D eigenvalue weighted by Crippen LogP contribution is 2.44. The Labute approximate surface area is 266 Å². The Hall–Kier alpha value is -4.77. The van der Waals surface area contributed by atoms with E-state index in [1.54, 1.807) is 0 Å². The highest BCUT2D eigenvalue weighted by molar-refractivity contribution is 5.95. The summed E-state index contributed by atoms with van der Waals surface area (Å²) in [5, 5.41) is 11.8. The molecule has 0 unspecified atom stereocenters. The van der Waals surface area contributed by atoms with Gasteiger partial charge in [0.1, 0.15) is 17.1 Å². The summed E-state index contributed by atoms with van der Waals surface area (Å²) >= 11 is 0. The van der Waals surface area contributed by atoms with Crippen molar-refractivity contribution in [1.29, 1.82) is 0 Å². The smallest absolute Gasteiger partial charge is 0.161 e. The highest BCUT2D eigenvalue weighted by atomic mass is 16.3. The second-order valence-corrected chi connectivity index (χ2v) is 14.2. The second kappa shape index (κ2) is 11.3. The Morgan fingerprint density at radius 3 is 1.98 bits per heavy atom. The third-order valence-electron chi connectivity index (χ3n) is 8.43. The van der Waals surface area contributed by atoms with Gasteiger partial charge in [-0.25, -0.2) is 9.97 Å². The van der Waals surface area contributed by atoms with E-state index in [2.05, 4.69) is 120 Å². The fraction of sp³-hybridized carbons (Fsp3) is 0.275. The van der Waals surface area contributed by atoms with E-state index >= 15 is 0 Å². The molecule has 45 heavy (non-hydrogen) atoms. The van der Waals surface area contributed by atoms with Gasteiger partial charge >= 0.3 is 0 Å². The molecule has 6 rings (SSSR count). The third-order valence-corrected chi connectivity index (χ3v) is 8.43. The van der Waals surface area contributed by atoms with Crippen molar-refractivity contribution in [2.45, 2.75) is 72.3 Å². The Balaban J connectivity index is 1.65. The minimum absolute atomic E-state index is 0.0586. The average molecular weight is 595 g/mol. The summed E-state index contributed by atoms with van der Waals surface area (Å²) in [5.74, 6) is 0.996. The molecule has 5 heteroatoms. The van der Waals surface area contributed by atoms with Gasteiger partial charge in [-0.05, 0) is 89.4 Å². The molecule has 0 saturated heterocycles. The van der Waals surface area contributed by atoms with E-state index < -0.39 is 0 Å². The van der Waals surface area contributed by atoms with Gasteiger partial charge in [0.25, 0.3) is 0 Å². The highest BCUT2D eigenvalue weighted by Gasteiger charge is 2.29. The molecule has 1 N–H and O–H groups in total. The lowest BCUT2D eigenvalue weighted by Crippen LogP contribution is -2.17. The van der Waals surface area contributed by atoms with E-state index in [0.29, 0.717) is 0 Å². The van der Waals surface area contributed by atoms with Gasteiger partial charge in [0, 0.05) is 35.1 Å². The van der Waals surface area contributed by atoms with E-state index in [9.17, 15) is 5.11 Å². The van der Waals surface area contributed by atoms with Crippen molar-refractivity contribution in [3.63, 3.8) is 0 Å². The van der Waals surface area contributed by atoms with Crippen LogP contribution in [0.3, 0.4) is 0 Å². The summed E-state index contributed by atoms with van der Waals surface area (Å²) in [5.41, 5.74) is 10.2. The maximum Gasteiger partial charge on any atom is 0.161 e. The number of nitrogens with zero attached hydrogens (tertiary/aromatic N) is 4. The first kappa shape index (κ1) is 30.3. The zero-order valence-electron chi connectivity index (χ0n) is 27.6. The van der Waals surface area contributed by atoms with Crippen molar-refractivity contribution >= 4 is 11.2 Å². The number of aromatic hydroxyl groups is 1. The number of rotatable bonds is 5. The number of hydrogen-bond acceptors (Lipinski definition) is 4. The standard InChI is InChI=1S/C40H42N4O/c1-25(2)44-37(32-23-30(39(3,4)5)24-33(36(32)45)40(6,7)8)43-35-31(17-19-42-38(35)44)28-20-27(26-14-10-9-11-15-26)21-29(22-28)34-16-12-13-18-41-34/h9-25,45H,1-8H3. The van der Waals surface area contributed by atoms with Gasteiger partial charge in [-0.1, -0.05) is 84.0 Å². The van der Waals surface area contributed by atoms with Crippen LogP contribution in [0.5, 0.6) is 5.75 Å². The summed E-state index contributed by atoms with van der Waals surface area (Å²) < 4.78 is 2.16. The zero-order valence-corrected chi connectivity index (χ0v) is 27.6. The molecule has 0 aliphatic rings. The van der Waals surface area contributed by atoms with Crippen LogP contribution in [0.15, 0.2) is 97.3 Å². The number of imidazole rings is 1. The molecule has 3 heterocycles. The van der Waals surface area contributed by atoms with E-state index in [1.807, 2.05) is 42.7 Å². The minimum atomic E-state index is -0.252. The number of fused-ring (bicyclic) bond motifs is 1. The van der Waals surface area contributed by atoms with Crippen LogP contribution in [0.2, 0.25) is 0 Å². The van der Waals surface area contributed by atoms with Gasteiger partial charge in [0.15, 0.2) is 5.65 Å². The first-order valence-corrected chi connectivity index (χ1v) is 15.7. The maximum absolute atomic E-state index is 11.8. The second-order valence-electron chi connectivity index (χ2n) is 14.2. The van der Waals surface area contributed by atoms with Crippen LogP contribution in [0.4, 0.5) is 0 Å². The van der Waals surface area contributed by atoms with Gasteiger partial charge < -0.3 is 9.67 Å². The van der Waals surface area contributed by atoms with Gasteiger partial charge in [0.2, 0.25) is 0 Å². The van der Waals surface area contributed by atoms with Gasteiger partial charge in [-0.2, -0.15) is 0 Å². The monoisotopic (exact) mass is 594 g/mol. The lowest BCUT2D eigenvalue weighted by atomic mass is 9.79. The van der Waals surface area contributed by atoms with Crippen LogP contribution in [-0.4, -0.2) is 24.6 Å². The molecule has 0 radical (unpaired) electrons. The summed E-state index contributed by atoms with van der Waals surface area (Å²) in [6.07, 6.45) is 3.69. The lowest BCUT2D eigenvalue weighted by molar-refractivity contribution is 0.445. The molecule has 0 saturated carbocycles. The van der Waals surface area contributed by atoms with Crippen LogP contribution in [0.25, 0.3) is 56.1 Å². The van der Waals surface area contributed by atoms with Crippen molar-refractivity contribution in [3.8, 4) is 50.6 Å². The molecule has 3 aromatic carbocycles. The number of aromatic nitrogens is 4. The summed E-state index contributed by atoms with van der Waals surface area (Å²) in [7, 11) is 0. The molecule has 5 nitrogen and oxygen atoms in total. The van der Waals surface area contributed by atoms with Crippen LogP contribution in [-0.2, 0) is 10.8 Å². The topological polar surface area (TPSA) is 63.8 Å². The van der Waals surface area contributed by atoms with Crippen LogP contribution >= 0.6 is 0 Å². The number of pyridine rings is 2. The van der Waals surface area contributed by atoms with Gasteiger partial charge in [0.05, 0.1) is 11.3 Å². The lowest BCUT2D eigenvalue weighted by Gasteiger charge is -2.27. The Bertz CT molecular complexity index is 1940. The average Bonchev–Trinajstić information content (AvgIpc) is 3.40. The molecule has 0 aliphatic heterocycles. The van der Waals surface area contributed by atoms with Crippen molar-refractivity contribution < 1.29 is 5.11 Å². The van der Waals surface area contributed by atoms with Crippen LogP contribution in [0, 0.1) is 0 Å². The molecular weight excluding hydrogens is 552 g/mol. The minimum Gasteiger partial charge on any atom is -0.507 e. The summed E-state index contributed by atoms with van der Waals surface area (Å²) in [4.78, 5) is 14.9. The van der Waals surface area contributed by atoms with E-state index in [0.717, 1.165) is 67.2 Å². The predicted molar refractivity (Wildman–Crippen MR) is 187 cm³/mol. The predicted octanol–water partition coefficient (Wildman–Crippen LogP) is 10.4. The van der Waals surface area contributed by atoms with Crippen LogP contribution in [0.1, 0.15) is 72.6 Å². The zero-order chi connectivity index (χ0) is 32.1. The molecule has 0 atom stereocenters. The molecule has 228 valence electrons. The van der Waals surface area contributed by atoms with E-state index in [-0.39, 0.29) is 22.6 Å². The molecule has 0 amide bonds. The van der Waals surface area contributed by atoms with Crippen LogP contribution < -0.4 is 0 Å². The van der Waals surface area contributed by atoms with E-state index in [1.165, 1.54) is 0 Å². The Morgan fingerprint density at radius 1 is 0.644 bits per heavy atom. The molecule has 0 fully saturated rings. The summed E-state index contributed by atoms with van der Waals surface area (Å²) in [6.45, 7) is 17.3. The largest absolute Gasteiger partial charge is 0.507 e. The third kappa shape index (κ3) is 5.75. The maximum atomic E-state index is 11.8.